The zero-order valence-corrected chi connectivity index (χ0v) is 13.4. The largest absolute Gasteiger partial charge is 0.472 e. The van der Waals surface area contributed by atoms with Crippen molar-refractivity contribution in [2.75, 3.05) is 6.61 Å². The molecule has 0 bridgehead atoms. The van der Waals surface area contributed by atoms with Gasteiger partial charge in [-0.25, -0.2) is 0 Å². The Hall–Kier alpha value is -1.03. The van der Waals surface area contributed by atoms with E-state index in [-0.39, 0.29) is 17.8 Å². The van der Waals surface area contributed by atoms with Gasteiger partial charge in [0.1, 0.15) is 30.7 Å². The standard InChI is InChI=1S/C16H24O8/c1-7-2-3-9-8(4-17)6-22-15(11(7)9)24-16-14(21)13(20)12(19)10(5-18)23-16/h4,6-7,9-16,18-21H,2-3,5H2,1H3/t7-,9-,10-,11+,12-,13+,14-,15-,16+/m1/s1. The molecule has 24 heavy (non-hydrogen) atoms. The lowest BCUT2D eigenvalue weighted by Gasteiger charge is -2.43. The number of hydrogen-bond donors (Lipinski definition) is 4. The minimum Gasteiger partial charge on any atom is -0.472 e. The Balaban J connectivity index is 1.75. The van der Waals surface area contributed by atoms with Crippen LogP contribution < -0.4 is 0 Å². The quantitative estimate of drug-likeness (QED) is 0.474. The van der Waals surface area contributed by atoms with E-state index >= 15 is 0 Å². The normalized spacial score (nSPS) is 48.4. The molecule has 8 nitrogen and oxygen atoms in total. The number of rotatable bonds is 4. The van der Waals surface area contributed by atoms with Gasteiger partial charge in [-0.3, -0.25) is 4.79 Å². The summed E-state index contributed by atoms with van der Waals surface area (Å²) in [5.41, 5.74) is 0.595. The summed E-state index contributed by atoms with van der Waals surface area (Å²) < 4.78 is 16.6. The van der Waals surface area contributed by atoms with Crippen LogP contribution in [-0.4, -0.2) is 70.3 Å². The molecule has 4 N–H and O–H groups in total. The molecule has 0 spiro atoms. The predicted octanol–water partition coefficient (Wildman–Crippen LogP) is -1.10. The molecule has 0 radical (unpaired) electrons. The maximum atomic E-state index is 11.2. The molecular weight excluding hydrogens is 320 g/mol. The molecule has 0 unspecified atom stereocenters. The van der Waals surface area contributed by atoms with Crippen LogP contribution >= 0.6 is 0 Å². The molecule has 136 valence electrons. The first-order chi connectivity index (χ1) is 11.5. The van der Waals surface area contributed by atoms with Crippen molar-refractivity contribution in [3.8, 4) is 0 Å². The van der Waals surface area contributed by atoms with Crippen molar-refractivity contribution in [2.45, 2.75) is 56.8 Å². The van der Waals surface area contributed by atoms with Gasteiger partial charge in [-0.05, 0) is 24.7 Å². The van der Waals surface area contributed by atoms with Gasteiger partial charge in [0, 0.05) is 11.5 Å². The first-order valence-electron chi connectivity index (χ1n) is 8.24. The van der Waals surface area contributed by atoms with Gasteiger partial charge in [-0.1, -0.05) is 6.92 Å². The van der Waals surface area contributed by atoms with Crippen molar-refractivity contribution < 1.29 is 39.4 Å². The van der Waals surface area contributed by atoms with Crippen molar-refractivity contribution in [3.05, 3.63) is 11.8 Å². The van der Waals surface area contributed by atoms with E-state index in [1.54, 1.807) is 0 Å². The molecule has 1 saturated heterocycles. The molecule has 3 aliphatic rings. The van der Waals surface area contributed by atoms with Gasteiger partial charge in [-0.15, -0.1) is 0 Å². The van der Waals surface area contributed by atoms with Crippen molar-refractivity contribution in [2.24, 2.45) is 17.8 Å². The van der Waals surface area contributed by atoms with Gasteiger partial charge in [0.05, 0.1) is 12.9 Å². The number of aliphatic hydroxyl groups excluding tert-OH is 4. The minimum absolute atomic E-state index is 0.0288. The van der Waals surface area contributed by atoms with Crippen molar-refractivity contribution in [1.82, 2.24) is 0 Å². The molecule has 0 aromatic carbocycles. The predicted molar refractivity (Wildman–Crippen MR) is 79.3 cm³/mol. The smallest absolute Gasteiger partial charge is 0.205 e. The molecule has 8 heteroatoms. The minimum atomic E-state index is -1.50. The highest BCUT2D eigenvalue weighted by Gasteiger charge is 2.49. The van der Waals surface area contributed by atoms with Crippen LogP contribution in [0.2, 0.25) is 0 Å². The van der Waals surface area contributed by atoms with Crippen LogP contribution in [0.5, 0.6) is 0 Å². The SMILES string of the molecule is C[C@@H]1CC[C@@H]2C(C=O)=CO[C@H](O[C@@H]3O[C@H](CO)[C@@H](O)[C@H](O)[C@H]3O)[C@@H]12. The van der Waals surface area contributed by atoms with E-state index in [2.05, 4.69) is 0 Å². The second-order valence-corrected chi connectivity index (χ2v) is 6.81. The Morgan fingerprint density at radius 1 is 1.21 bits per heavy atom. The summed E-state index contributed by atoms with van der Waals surface area (Å²) in [5, 5.41) is 39.0. The summed E-state index contributed by atoms with van der Waals surface area (Å²) in [6.45, 7) is 1.53. The number of hydrogen-bond acceptors (Lipinski definition) is 8. The Labute approximate surface area is 139 Å². The second kappa shape index (κ2) is 7.07. The van der Waals surface area contributed by atoms with Crippen LogP contribution in [0, 0.1) is 17.8 Å². The maximum absolute atomic E-state index is 11.2. The third kappa shape index (κ3) is 2.98. The van der Waals surface area contributed by atoms with Gasteiger partial charge in [-0.2, -0.15) is 0 Å². The highest BCUT2D eigenvalue weighted by atomic mass is 16.8. The number of aliphatic hydroxyl groups is 4. The Morgan fingerprint density at radius 3 is 2.62 bits per heavy atom. The lowest BCUT2D eigenvalue weighted by molar-refractivity contribution is -0.342. The molecule has 2 fully saturated rings. The van der Waals surface area contributed by atoms with Crippen LogP contribution in [0.3, 0.4) is 0 Å². The molecule has 1 aliphatic carbocycles. The number of carbonyl (C=O) groups excluding carboxylic acids is 1. The summed E-state index contributed by atoms with van der Waals surface area (Å²) in [6, 6.07) is 0. The van der Waals surface area contributed by atoms with E-state index in [9.17, 15) is 25.2 Å². The average Bonchev–Trinajstić information content (AvgIpc) is 2.98. The first-order valence-corrected chi connectivity index (χ1v) is 8.24. The lowest BCUT2D eigenvalue weighted by atomic mass is 9.84. The lowest BCUT2D eigenvalue weighted by Crippen LogP contribution is -2.60. The molecule has 1 saturated carbocycles. The third-order valence-corrected chi connectivity index (χ3v) is 5.39. The molecule has 3 rings (SSSR count). The van der Waals surface area contributed by atoms with Gasteiger partial charge in [0.25, 0.3) is 0 Å². The van der Waals surface area contributed by atoms with E-state index in [0.29, 0.717) is 5.57 Å². The molecule has 0 aromatic rings. The highest BCUT2D eigenvalue weighted by molar-refractivity contribution is 5.74. The van der Waals surface area contributed by atoms with E-state index in [4.69, 9.17) is 14.2 Å². The van der Waals surface area contributed by atoms with E-state index in [1.165, 1.54) is 6.26 Å². The number of carbonyl (C=O) groups is 1. The fourth-order valence-electron chi connectivity index (χ4n) is 3.94. The molecule has 0 amide bonds. The third-order valence-electron chi connectivity index (χ3n) is 5.39. The Kier molecular flexibility index (Phi) is 5.24. The zero-order chi connectivity index (χ0) is 17.4. The van der Waals surface area contributed by atoms with Gasteiger partial charge < -0.3 is 34.6 Å². The zero-order valence-electron chi connectivity index (χ0n) is 13.4. The summed E-state index contributed by atoms with van der Waals surface area (Å²) >= 11 is 0. The van der Waals surface area contributed by atoms with Crippen LogP contribution in [0.1, 0.15) is 19.8 Å². The summed E-state index contributed by atoms with van der Waals surface area (Å²) in [6.07, 6.45) is -3.47. The van der Waals surface area contributed by atoms with Gasteiger partial charge in [0.15, 0.2) is 6.29 Å². The van der Waals surface area contributed by atoms with E-state index in [0.717, 1.165) is 19.1 Å². The van der Waals surface area contributed by atoms with Gasteiger partial charge >= 0.3 is 0 Å². The number of ether oxygens (including phenoxy) is 3. The van der Waals surface area contributed by atoms with Crippen LogP contribution in [0.25, 0.3) is 0 Å². The number of fused-ring (bicyclic) bond motifs is 1. The van der Waals surface area contributed by atoms with E-state index < -0.39 is 43.6 Å². The highest BCUT2D eigenvalue weighted by Crippen LogP contribution is 2.46. The summed E-state index contributed by atoms with van der Waals surface area (Å²) in [5.74, 6) is 0.220. The van der Waals surface area contributed by atoms with Crippen molar-refractivity contribution in [3.63, 3.8) is 0 Å². The van der Waals surface area contributed by atoms with Crippen LogP contribution in [0.15, 0.2) is 11.8 Å². The maximum Gasteiger partial charge on any atom is 0.205 e. The summed E-state index contributed by atoms with van der Waals surface area (Å²) in [7, 11) is 0. The van der Waals surface area contributed by atoms with Crippen molar-refractivity contribution in [1.29, 1.82) is 0 Å². The summed E-state index contributed by atoms with van der Waals surface area (Å²) in [4.78, 5) is 11.2. The monoisotopic (exact) mass is 344 g/mol. The number of allylic oxidation sites excluding steroid dienone is 1. The van der Waals surface area contributed by atoms with Gasteiger partial charge in [0.2, 0.25) is 6.29 Å². The number of aldehydes is 1. The molecular formula is C16H24O8. The van der Waals surface area contributed by atoms with E-state index in [1.807, 2.05) is 6.92 Å². The Bertz CT molecular complexity index is 492. The van der Waals surface area contributed by atoms with Crippen LogP contribution in [0.4, 0.5) is 0 Å². The topological polar surface area (TPSA) is 126 Å². The van der Waals surface area contributed by atoms with Crippen molar-refractivity contribution >= 4 is 6.29 Å². The molecule has 9 atom stereocenters. The fraction of sp³-hybridized carbons (Fsp3) is 0.812. The molecule has 2 heterocycles. The second-order valence-electron chi connectivity index (χ2n) is 6.81. The average molecular weight is 344 g/mol. The van der Waals surface area contributed by atoms with Crippen LogP contribution in [-0.2, 0) is 19.0 Å². The Morgan fingerprint density at radius 2 is 1.96 bits per heavy atom. The molecule has 0 aromatic heterocycles. The fourth-order valence-corrected chi connectivity index (χ4v) is 3.94. The molecule has 2 aliphatic heterocycles. The first kappa shape index (κ1) is 17.8.